The van der Waals surface area contributed by atoms with Crippen LogP contribution >= 0.6 is 11.6 Å². The molecule has 0 spiro atoms. The van der Waals surface area contributed by atoms with Crippen LogP contribution in [0.1, 0.15) is 29.6 Å². The molecule has 6 heteroatoms. The van der Waals surface area contributed by atoms with E-state index >= 15 is 0 Å². The molecule has 1 atom stereocenters. The van der Waals surface area contributed by atoms with Crippen molar-refractivity contribution in [3.8, 4) is 5.75 Å². The Morgan fingerprint density at radius 3 is 2.67 bits per heavy atom. The molecule has 3 rings (SSSR count). The van der Waals surface area contributed by atoms with Crippen molar-refractivity contribution in [1.82, 2.24) is 9.88 Å². The van der Waals surface area contributed by atoms with E-state index in [0.717, 1.165) is 12.8 Å². The smallest absolute Gasteiger partial charge is 0.334 e. The van der Waals surface area contributed by atoms with E-state index in [4.69, 9.17) is 16.3 Å². The van der Waals surface area contributed by atoms with Gasteiger partial charge in [0.05, 0.1) is 5.56 Å². The fourth-order valence-electron chi connectivity index (χ4n) is 2.76. The standard InChI is InChI=1S/C18H17ClN2O3/c19-14-6-8-15(9-7-14)24-18(23)16-5-1-2-11-21(16)17(22)13-4-3-10-20-12-13/h3-4,6-10,12,16H,1-2,5,11H2. The molecular formula is C18H17ClN2O3. The molecule has 1 amide bonds. The highest BCUT2D eigenvalue weighted by molar-refractivity contribution is 6.30. The third-order valence-electron chi connectivity index (χ3n) is 3.98. The average molecular weight is 345 g/mol. The van der Waals surface area contributed by atoms with Gasteiger partial charge in [0.15, 0.2) is 0 Å². The van der Waals surface area contributed by atoms with E-state index in [9.17, 15) is 9.59 Å². The Kier molecular flexibility index (Phi) is 5.11. The third-order valence-corrected chi connectivity index (χ3v) is 4.23. The van der Waals surface area contributed by atoms with Crippen molar-refractivity contribution in [2.24, 2.45) is 0 Å². The number of carbonyl (C=O) groups excluding carboxylic acids is 2. The van der Waals surface area contributed by atoms with Gasteiger partial charge in [-0.25, -0.2) is 4.79 Å². The number of hydrogen-bond acceptors (Lipinski definition) is 4. The summed E-state index contributed by atoms with van der Waals surface area (Å²) in [6.07, 6.45) is 5.48. The number of rotatable bonds is 3. The van der Waals surface area contributed by atoms with Gasteiger partial charge in [0.2, 0.25) is 0 Å². The number of esters is 1. The molecule has 1 saturated heterocycles. The first kappa shape index (κ1) is 16.5. The summed E-state index contributed by atoms with van der Waals surface area (Å²) in [6, 6.07) is 9.41. The van der Waals surface area contributed by atoms with Crippen LogP contribution in [0.3, 0.4) is 0 Å². The number of nitrogens with zero attached hydrogens (tertiary/aromatic N) is 2. The molecule has 1 aromatic heterocycles. The quantitative estimate of drug-likeness (QED) is 0.633. The Morgan fingerprint density at radius 2 is 1.96 bits per heavy atom. The highest BCUT2D eigenvalue weighted by Crippen LogP contribution is 2.22. The molecule has 1 fully saturated rings. The predicted molar refractivity (Wildman–Crippen MR) is 90.0 cm³/mol. The summed E-state index contributed by atoms with van der Waals surface area (Å²) in [5, 5.41) is 0.570. The predicted octanol–water partition coefficient (Wildman–Crippen LogP) is 3.34. The van der Waals surface area contributed by atoms with Crippen molar-refractivity contribution in [3.05, 3.63) is 59.4 Å². The summed E-state index contributed by atoms with van der Waals surface area (Å²) in [4.78, 5) is 30.8. The normalized spacial score (nSPS) is 17.4. The van der Waals surface area contributed by atoms with Crippen LogP contribution in [0.25, 0.3) is 0 Å². The zero-order valence-electron chi connectivity index (χ0n) is 13.0. The number of hydrogen-bond donors (Lipinski definition) is 0. The van der Waals surface area contributed by atoms with Gasteiger partial charge in [-0.3, -0.25) is 9.78 Å². The van der Waals surface area contributed by atoms with Crippen molar-refractivity contribution in [2.75, 3.05) is 6.54 Å². The molecule has 2 aromatic rings. The number of carbonyl (C=O) groups is 2. The first-order valence-corrected chi connectivity index (χ1v) is 8.21. The number of aromatic nitrogens is 1. The van der Waals surface area contributed by atoms with Gasteiger partial charge in [0.25, 0.3) is 5.91 Å². The summed E-state index contributed by atoms with van der Waals surface area (Å²) in [5.74, 6) is -0.195. The van der Waals surface area contributed by atoms with Gasteiger partial charge in [-0.15, -0.1) is 0 Å². The van der Waals surface area contributed by atoms with E-state index in [0.29, 0.717) is 29.3 Å². The Balaban J connectivity index is 1.75. The van der Waals surface area contributed by atoms with Crippen LogP contribution in [-0.4, -0.2) is 34.3 Å². The monoisotopic (exact) mass is 344 g/mol. The largest absolute Gasteiger partial charge is 0.425 e. The van der Waals surface area contributed by atoms with Crippen molar-refractivity contribution in [2.45, 2.75) is 25.3 Å². The zero-order valence-corrected chi connectivity index (χ0v) is 13.8. The van der Waals surface area contributed by atoms with E-state index < -0.39 is 12.0 Å². The topological polar surface area (TPSA) is 59.5 Å². The van der Waals surface area contributed by atoms with Crippen LogP contribution in [0.4, 0.5) is 0 Å². The molecule has 0 radical (unpaired) electrons. The van der Waals surface area contributed by atoms with Gasteiger partial charge in [-0.2, -0.15) is 0 Å². The van der Waals surface area contributed by atoms with Crippen molar-refractivity contribution < 1.29 is 14.3 Å². The first-order chi connectivity index (χ1) is 11.6. The minimum atomic E-state index is -0.581. The third kappa shape index (κ3) is 3.74. The lowest BCUT2D eigenvalue weighted by molar-refractivity contribution is -0.140. The summed E-state index contributed by atoms with van der Waals surface area (Å²) in [7, 11) is 0. The van der Waals surface area contributed by atoms with Crippen LogP contribution < -0.4 is 4.74 Å². The van der Waals surface area contributed by atoms with Crippen LogP contribution in [0.15, 0.2) is 48.8 Å². The van der Waals surface area contributed by atoms with Crippen LogP contribution in [0, 0.1) is 0 Å². The fraction of sp³-hybridized carbons (Fsp3) is 0.278. The van der Waals surface area contributed by atoms with E-state index in [2.05, 4.69) is 4.98 Å². The molecule has 0 aliphatic carbocycles. The maximum Gasteiger partial charge on any atom is 0.334 e. The number of ether oxygens (including phenoxy) is 1. The second-order valence-electron chi connectivity index (χ2n) is 5.63. The lowest BCUT2D eigenvalue weighted by atomic mass is 10.0. The maximum atomic E-state index is 12.7. The maximum absolute atomic E-state index is 12.7. The van der Waals surface area contributed by atoms with Gasteiger partial charge in [0, 0.05) is 24.0 Å². The van der Waals surface area contributed by atoms with E-state index in [1.165, 1.54) is 6.20 Å². The van der Waals surface area contributed by atoms with Crippen LogP contribution in [0.2, 0.25) is 5.02 Å². The van der Waals surface area contributed by atoms with E-state index in [1.807, 2.05) is 0 Å². The summed E-state index contributed by atoms with van der Waals surface area (Å²) in [6.45, 7) is 0.536. The van der Waals surface area contributed by atoms with E-state index in [-0.39, 0.29) is 5.91 Å². The zero-order chi connectivity index (χ0) is 16.9. The molecule has 124 valence electrons. The van der Waals surface area contributed by atoms with Crippen LogP contribution in [0.5, 0.6) is 5.75 Å². The Hall–Kier alpha value is -2.40. The SMILES string of the molecule is O=C(Oc1ccc(Cl)cc1)C1CCCCN1C(=O)c1cccnc1. The summed E-state index contributed by atoms with van der Waals surface area (Å²) >= 11 is 5.83. The number of halogens is 1. The number of benzene rings is 1. The molecule has 5 nitrogen and oxygen atoms in total. The molecule has 0 bridgehead atoms. The lowest BCUT2D eigenvalue weighted by Crippen LogP contribution is -2.49. The molecule has 0 saturated carbocycles. The number of amides is 1. The molecule has 1 aliphatic rings. The second-order valence-corrected chi connectivity index (χ2v) is 6.06. The number of likely N-dealkylation sites (tertiary alicyclic amines) is 1. The highest BCUT2D eigenvalue weighted by Gasteiger charge is 2.34. The number of piperidine rings is 1. The molecule has 1 aliphatic heterocycles. The molecule has 2 heterocycles. The van der Waals surface area contributed by atoms with E-state index in [1.54, 1.807) is 47.5 Å². The second kappa shape index (κ2) is 7.45. The van der Waals surface area contributed by atoms with Crippen LogP contribution in [-0.2, 0) is 4.79 Å². The number of pyridine rings is 1. The average Bonchev–Trinajstić information content (AvgIpc) is 2.63. The van der Waals surface area contributed by atoms with Crippen molar-refractivity contribution in [3.63, 3.8) is 0 Å². The van der Waals surface area contributed by atoms with Gasteiger partial charge in [-0.05, 0) is 55.7 Å². The Bertz CT molecular complexity index is 719. The summed E-state index contributed by atoms with van der Waals surface area (Å²) in [5.41, 5.74) is 0.476. The van der Waals surface area contributed by atoms with Crippen molar-refractivity contribution in [1.29, 1.82) is 0 Å². The lowest BCUT2D eigenvalue weighted by Gasteiger charge is -2.34. The minimum absolute atomic E-state index is 0.194. The minimum Gasteiger partial charge on any atom is -0.425 e. The summed E-state index contributed by atoms with van der Waals surface area (Å²) < 4.78 is 5.42. The molecule has 1 unspecified atom stereocenters. The van der Waals surface area contributed by atoms with Gasteiger partial charge in [0.1, 0.15) is 11.8 Å². The highest BCUT2D eigenvalue weighted by atomic mass is 35.5. The Morgan fingerprint density at radius 1 is 1.17 bits per heavy atom. The molecule has 0 N–H and O–H groups in total. The first-order valence-electron chi connectivity index (χ1n) is 7.83. The fourth-order valence-corrected chi connectivity index (χ4v) is 2.89. The molecular weight excluding hydrogens is 328 g/mol. The van der Waals surface area contributed by atoms with Gasteiger partial charge in [-0.1, -0.05) is 11.6 Å². The van der Waals surface area contributed by atoms with Crippen molar-refractivity contribution >= 4 is 23.5 Å². The Labute approximate surface area is 145 Å². The van der Waals surface area contributed by atoms with Gasteiger partial charge >= 0.3 is 5.97 Å². The molecule has 24 heavy (non-hydrogen) atoms. The molecule has 1 aromatic carbocycles. The van der Waals surface area contributed by atoms with Gasteiger partial charge < -0.3 is 9.64 Å².